The summed E-state index contributed by atoms with van der Waals surface area (Å²) in [5.41, 5.74) is 7.25. The van der Waals surface area contributed by atoms with Crippen LogP contribution in [0.3, 0.4) is 0 Å². The first kappa shape index (κ1) is 48.5. The lowest BCUT2D eigenvalue weighted by atomic mass is 10.0. The normalized spacial score (nSPS) is 12.5. The standard InChI is InChI=1S/C20H20N6O.C20H20N6S.CH4.P2S5/c2*1-13-17(20(27)26-8-3-9-26)10-16(12-23-13)15-4-6-22-19(11-15)25-18-5-7-21-14(2)24-18;;3-1-2-5-7-6-4/h2*4-7,10-12H,3,8-9H2,1-2H3,(H,21,22,24,25);1H4;. The second-order valence-electron chi connectivity index (χ2n) is 13.5. The third kappa shape index (κ3) is 13.7. The number of carbonyl (C=O) groups is 1. The molecule has 2 aliphatic rings. The third-order valence-corrected chi connectivity index (χ3v) is 19.8. The maximum Gasteiger partial charge on any atom is 0.255 e. The SMILES string of the molecule is C.Cc1nccc(Nc2cc(-c3cnc(C)c(C(=O)N4CCC4)c3)ccn2)n1.Cc1nccc(Nc2cc(-c3cnc(C)c(C(=S)N4CCC4)c3)ccn2)n1.S=PP=S=S=S=S. The molecule has 2 aliphatic heterocycles. The smallest absolute Gasteiger partial charge is 0.255 e. The van der Waals surface area contributed by atoms with Gasteiger partial charge in [0, 0.05) is 99.8 Å². The highest BCUT2D eigenvalue weighted by Crippen LogP contribution is 2.27. The number of carbonyl (C=O) groups excluding carboxylic acids is 1. The number of nitrogens with one attached hydrogen (secondary N) is 2. The van der Waals surface area contributed by atoms with Crippen molar-refractivity contribution in [3.8, 4) is 22.3 Å². The number of amides is 1. The van der Waals surface area contributed by atoms with Gasteiger partial charge in [0.05, 0.1) is 11.3 Å². The van der Waals surface area contributed by atoms with E-state index in [1.54, 1.807) is 55.4 Å². The maximum absolute atomic E-state index is 12.6. The van der Waals surface area contributed by atoms with Crippen molar-refractivity contribution in [2.24, 2.45) is 0 Å². The maximum atomic E-state index is 12.6. The molecule has 8 rings (SSSR count). The van der Waals surface area contributed by atoms with Gasteiger partial charge in [0.1, 0.15) is 39.9 Å². The zero-order valence-corrected chi connectivity index (χ0v) is 40.2. The van der Waals surface area contributed by atoms with Crippen molar-refractivity contribution in [2.75, 3.05) is 36.8 Å². The summed E-state index contributed by atoms with van der Waals surface area (Å²) in [7, 11) is 6.83. The summed E-state index contributed by atoms with van der Waals surface area (Å²) in [4.78, 5) is 52.2. The van der Waals surface area contributed by atoms with Crippen LogP contribution in [0.4, 0.5) is 23.3 Å². The van der Waals surface area contributed by atoms with Gasteiger partial charge in [0.15, 0.2) is 0 Å². The molecule has 13 nitrogen and oxygen atoms in total. The summed E-state index contributed by atoms with van der Waals surface area (Å²) in [6.07, 6.45) is 12.9. The first-order chi connectivity index (χ1) is 29.6. The number of anilines is 4. The van der Waals surface area contributed by atoms with Crippen molar-refractivity contribution in [1.29, 1.82) is 0 Å². The number of nitrogens with zero attached hydrogens (tertiary/aromatic N) is 10. The molecule has 8 heterocycles. The van der Waals surface area contributed by atoms with Crippen LogP contribution in [0, 0.1) is 27.7 Å². The van der Waals surface area contributed by atoms with E-state index < -0.39 is 0 Å². The minimum absolute atomic E-state index is 0. The van der Waals surface area contributed by atoms with Crippen LogP contribution in [-0.2, 0) is 50.3 Å². The zero-order chi connectivity index (χ0) is 43.1. The lowest BCUT2D eigenvalue weighted by molar-refractivity contribution is 0.0650. The Hall–Kier alpha value is -4.58. The molecule has 0 saturated carbocycles. The Morgan fingerprint density at radius 2 is 1.13 bits per heavy atom. The van der Waals surface area contributed by atoms with Crippen molar-refractivity contribution in [2.45, 2.75) is 48.0 Å². The van der Waals surface area contributed by atoms with E-state index in [1.165, 1.54) is 22.3 Å². The van der Waals surface area contributed by atoms with E-state index >= 15 is 0 Å². The Balaban J connectivity index is 0.000000201. The topological polar surface area (TPSA) is 151 Å². The largest absolute Gasteiger partial charge is 0.362 e. The summed E-state index contributed by atoms with van der Waals surface area (Å²) in [6.45, 7) is 11.3. The quantitative estimate of drug-likeness (QED) is 0.105. The average molecular weight is 975 g/mol. The van der Waals surface area contributed by atoms with Gasteiger partial charge in [0.25, 0.3) is 5.91 Å². The van der Waals surface area contributed by atoms with E-state index in [4.69, 9.17) is 12.2 Å². The van der Waals surface area contributed by atoms with Crippen LogP contribution in [0.15, 0.2) is 85.7 Å². The number of hydrogen-bond donors (Lipinski definition) is 2. The molecule has 0 spiro atoms. The lowest BCUT2D eigenvalue weighted by Gasteiger charge is -2.33. The molecule has 0 bridgehead atoms. The van der Waals surface area contributed by atoms with Gasteiger partial charge in [-0.15, -0.1) is 0 Å². The number of likely N-dealkylation sites (tertiary alicyclic amines) is 2. The summed E-state index contributed by atoms with van der Waals surface area (Å²) in [5, 5.41) is 6.41. The highest BCUT2D eigenvalue weighted by molar-refractivity contribution is 8.63. The van der Waals surface area contributed by atoms with Gasteiger partial charge in [-0.25, -0.2) is 29.9 Å². The Kier molecular flexibility index (Phi) is 19.0. The number of rotatable bonds is 9. The predicted molar refractivity (Wildman–Crippen MR) is 270 cm³/mol. The summed E-state index contributed by atoms with van der Waals surface area (Å²) in [6, 6.07) is 15.4. The number of aromatic nitrogens is 8. The Bertz CT molecular complexity index is 2540. The fourth-order valence-electron chi connectivity index (χ4n) is 5.90. The monoisotopic (exact) mass is 974 g/mol. The first-order valence-electron chi connectivity index (χ1n) is 18.8. The van der Waals surface area contributed by atoms with Crippen molar-refractivity contribution in [3.05, 3.63) is 120 Å². The van der Waals surface area contributed by atoms with Crippen LogP contribution in [0.5, 0.6) is 0 Å². The van der Waals surface area contributed by atoms with Crippen molar-refractivity contribution < 1.29 is 4.79 Å². The van der Waals surface area contributed by atoms with Crippen molar-refractivity contribution >= 4 is 111 Å². The van der Waals surface area contributed by atoms with E-state index in [0.717, 1.165) is 89.7 Å². The average Bonchev–Trinajstić information content (AvgIpc) is 3.21. The molecular weight excluding hydrogens is 931 g/mol. The molecule has 0 radical (unpaired) electrons. The minimum atomic E-state index is 0. The second kappa shape index (κ2) is 24.3. The second-order valence-corrected chi connectivity index (χ2v) is 23.6. The van der Waals surface area contributed by atoms with Gasteiger partial charge >= 0.3 is 0 Å². The van der Waals surface area contributed by atoms with Crippen LogP contribution >= 0.6 is 26.3 Å². The van der Waals surface area contributed by atoms with Gasteiger partial charge in [0.2, 0.25) is 0 Å². The Morgan fingerprint density at radius 1 is 0.645 bits per heavy atom. The molecule has 6 aromatic heterocycles. The molecule has 62 heavy (non-hydrogen) atoms. The Morgan fingerprint density at radius 3 is 1.58 bits per heavy atom. The number of pyridine rings is 4. The minimum Gasteiger partial charge on any atom is -0.362 e. The van der Waals surface area contributed by atoms with Crippen LogP contribution in [0.1, 0.15) is 59.2 Å². The van der Waals surface area contributed by atoms with Crippen LogP contribution in [0.25, 0.3) is 22.3 Å². The van der Waals surface area contributed by atoms with Crippen molar-refractivity contribution in [3.63, 3.8) is 0 Å². The molecule has 2 saturated heterocycles. The molecule has 2 fully saturated rings. The molecular formula is C41H44N12OP2S6. The fourth-order valence-corrected chi connectivity index (χ4v) is 15.9. The molecule has 0 atom stereocenters. The summed E-state index contributed by atoms with van der Waals surface area (Å²) >= 11 is 14.9. The van der Waals surface area contributed by atoms with E-state index in [0.29, 0.717) is 34.7 Å². The van der Waals surface area contributed by atoms with Gasteiger partial charge in [-0.05, 0) is 150 Å². The van der Waals surface area contributed by atoms with Gasteiger partial charge in [-0.2, -0.15) is 0 Å². The summed E-state index contributed by atoms with van der Waals surface area (Å²) in [5.74, 6) is 4.24. The molecule has 1 amide bonds. The Labute approximate surface area is 389 Å². The molecule has 6 aromatic rings. The van der Waals surface area contributed by atoms with Gasteiger partial charge in [-0.1, -0.05) is 19.6 Å². The summed E-state index contributed by atoms with van der Waals surface area (Å²) < 4.78 is 0. The first-order valence-corrected chi connectivity index (χ1v) is 27.8. The molecule has 0 unspecified atom stereocenters. The molecule has 21 heteroatoms. The molecule has 320 valence electrons. The molecule has 2 N–H and O–H groups in total. The van der Waals surface area contributed by atoms with E-state index in [2.05, 4.69) is 84.5 Å². The van der Waals surface area contributed by atoms with Crippen LogP contribution in [0.2, 0.25) is 0 Å². The van der Waals surface area contributed by atoms with Crippen LogP contribution < -0.4 is 10.6 Å². The zero-order valence-electron chi connectivity index (χ0n) is 33.5. The van der Waals surface area contributed by atoms with Crippen LogP contribution in [-0.4, -0.2) is 86.7 Å². The van der Waals surface area contributed by atoms with Gasteiger partial charge < -0.3 is 20.4 Å². The van der Waals surface area contributed by atoms with E-state index in [9.17, 15) is 4.79 Å². The van der Waals surface area contributed by atoms with Gasteiger partial charge in [-0.3, -0.25) is 14.8 Å². The molecule has 0 aromatic carbocycles. The third-order valence-electron chi connectivity index (χ3n) is 9.30. The number of thiocarbonyl (C=S) groups is 1. The van der Waals surface area contributed by atoms with E-state index in [1.807, 2.05) is 75.2 Å². The predicted octanol–water partition coefficient (Wildman–Crippen LogP) is 9.16. The highest BCUT2D eigenvalue weighted by Gasteiger charge is 2.24. The lowest BCUT2D eigenvalue weighted by Crippen LogP contribution is -2.42. The van der Waals surface area contributed by atoms with E-state index in [-0.39, 0.29) is 13.3 Å². The van der Waals surface area contributed by atoms with Crippen molar-refractivity contribution in [1.82, 2.24) is 49.7 Å². The number of aryl methyl sites for hydroxylation is 4. The fraction of sp³-hybridized carbons (Fsp3) is 0.268. The molecule has 0 aliphatic carbocycles. The highest BCUT2D eigenvalue weighted by atomic mass is 33.3. The number of hydrogen-bond acceptors (Lipinski definition) is 14.